The molecule has 0 aliphatic heterocycles. The molecular weight excluding hydrogens is 246 g/mol. The van der Waals surface area contributed by atoms with Gasteiger partial charge in [0.25, 0.3) is 0 Å². The van der Waals surface area contributed by atoms with Crippen molar-refractivity contribution in [2.24, 2.45) is 5.16 Å². The molecule has 2 aromatic rings. The van der Waals surface area contributed by atoms with Gasteiger partial charge in [0.05, 0.1) is 6.21 Å². The van der Waals surface area contributed by atoms with E-state index < -0.39 is 0 Å². The Balaban J connectivity index is 1.99. The third kappa shape index (κ3) is 4.54. The van der Waals surface area contributed by atoms with E-state index in [-0.39, 0.29) is 6.10 Å². The van der Waals surface area contributed by atoms with Crippen LogP contribution in [0, 0.1) is 0 Å². The minimum absolute atomic E-state index is 0.0381. The Morgan fingerprint density at radius 3 is 2.30 bits per heavy atom. The molecule has 0 saturated carbocycles. The summed E-state index contributed by atoms with van der Waals surface area (Å²) in [6.45, 7) is 2.19. The Labute approximate surface area is 121 Å². The van der Waals surface area contributed by atoms with Crippen LogP contribution in [0.2, 0.25) is 0 Å². The molecule has 0 amide bonds. The van der Waals surface area contributed by atoms with Gasteiger partial charge >= 0.3 is 0 Å². The highest BCUT2D eigenvalue weighted by atomic mass is 16.6. The molecule has 2 rings (SSSR count). The Morgan fingerprint density at radius 1 is 1.00 bits per heavy atom. The highest BCUT2D eigenvalue weighted by molar-refractivity contribution is 5.78. The number of rotatable bonds is 7. The Morgan fingerprint density at radius 2 is 1.65 bits per heavy atom. The largest absolute Gasteiger partial charge is 0.388 e. The number of hydrogen-bond acceptors (Lipinski definition) is 2. The summed E-state index contributed by atoms with van der Waals surface area (Å²) in [5, 5.41) is 4.15. The molecule has 104 valence electrons. The molecule has 0 aliphatic carbocycles. The zero-order valence-electron chi connectivity index (χ0n) is 11.9. The van der Waals surface area contributed by atoms with E-state index in [4.69, 9.17) is 4.84 Å². The molecule has 0 aromatic heterocycles. The predicted molar refractivity (Wildman–Crippen MR) is 83.8 cm³/mol. The lowest BCUT2D eigenvalue weighted by Gasteiger charge is -2.14. The highest BCUT2D eigenvalue weighted by Gasteiger charge is 2.11. The van der Waals surface area contributed by atoms with Crippen LogP contribution in [-0.2, 0) is 4.84 Å². The van der Waals surface area contributed by atoms with Crippen LogP contribution in [0.15, 0.2) is 65.8 Å². The number of oxime groups is 1. The van der Waals surface area contributed by atoms with Crippen LogP contribution in [0.25, 0.3) is 0 Å². The van der Waals surface area contributed by atoms with Gasteiger partial charge in [0.15, 0.2) is 6.10 Å². The summed E-state index contributed by atoms with van der Waals surface area (Å²) in [5.74, 6) is 0. The first-order valence-corrected chi connectivity index (χ1v) is 7.19. The van der Waals surface area contributed by atoms with E-state index in [0.717, 1.165) is 24.8 Å². The number of benzene rings is 2. The van der Waals surface area contributed by atoms with Gasteiger partial charge in [-0.3, -0.25) is 0 Å². The van der Waals surface area contributed by atoms with Gasteiger partial charge in [-0.2, -0.15) is 0 Å². The average molecular weight is 267 g/mol. The smallest absolute Gasteiger partial charge is 0.152 e. The van der Waals surface area contributed by atoms with E-state index in [1.807, 2.05) is 48.5 Å². The lowest BCUT2D eigenvalue weighted by molar-refractivity contribution is 0.0517. The quantitative estimate of drug-likeness (QED) is 0.512. The van der Waals surface area contributed by atoms with E-state index in [9.17, 15) is 0 Å². The lowest BCUT2D eigenvalue weighted by atomic mass is 10.0. The first-order valence-electron chi connectivity index (χ1n) is 7.19. The number of hydrogen-bond donors (Lipinski definition) is 0. The van der Waals surface area contributed by atoms with Gasteiger partial charge in [-0.25, -0.2) is 0 Å². The minimum atomic E-state index is 0.0381. The Hall–Kier alpha value is -2.09. The third-order valence-corrected chi connectivity index (χ3v) is 3.18. The van der Waals surface area contributed by atoms with E-state index in [2.05, 4.69) is 24.2 Å². The fourth-order valence-corrected chi connectivity index (χ4v) is 2.04. The fourth-order valence-electron chi connectivity index (χ4n) is 2.04. The molecule has 2 nitrogen and oxygen atoms in total. The van der Waals surface area contributed by atoms with E-state index >= 15 is 0 Å². The van der Waals surface area contributed by atoms with Crippen LogP contribution in [0.4, 0.5) is 0 Å². The second kappa shape index (κ2) is 8.16. The van der Waals surface area contributed by atoms with Gasteiger partial charge in [-0.05, 0) is 24.0 Å². The summed E-state index contributed by atoms with van der Waals surface area (Å²) in [6.07, 6.45) is 5.10. The molecule has 1 unspecified atom stereocenters. The summed E-state index contributed by atoms with van der Waals surface area (Å²) >= 11 is 0. The van der Waals surface area contributed by atoms with Gasteiger partial charge < -0.3 is 4.84 Å². The first kappa shape index (κ1) is 14.3. The average Bonchev–Trinajstić information content (AvgIpc) is 2.52. The van der Waals surface area contributed by atoms with Crippen LogP contribution >= 0.6 is 0 Å². The normalized spacial score (nSPS) is 12.4. The standard InChI is InChI=1S/C18H21NO/c1-2-3-14-18(17-12-8-5-9-13-17)20-19-15-16-10-6-4-7-11-16/h4-13,15,18H,2-3,14H2,1H3/b19-15+. The Kier molecular flexibility index (Phi) is 5.84. The van der Waals surface area contributed by atoms with Crippen LogP contribution in [0.3, 0.4) is 0 Å². The molecule has 0 saturated heterocycles. The molecule has 0 fully saturated rings. The van der Waals surface area contributed by atoms with Crippen LogP contribution < -0.4 is 0 Å². The summed E-state index contributed by atoms with van der Waals surface area (Å²) in [7, 11) is 0. The van der Waals surface area contributed by atoms with E-state index in [0.29, 0.717) is 0 Å². The van der Waals surface area contributed by atoms with E-state index in [1.165, 1.54) is 5.56 Å². The number of unbranched alkanes of at least 4 members (excludes halogenated alkanes) is 1. The summed E-state index contributed by atoms with van der Waals surface area (Å²) in [6, 6.07) is 20.3. The molecule has 2 aromatic carbocycles. The van der Waals surface area contributed by atoms with Crippen molar-refractivity contribution in [3.05, 3.63) is 71.8 Å². The molecule has 0 spiro atoms. The van der Waals surface area contributed by atoms with Crippen molar-refractivity contribution in [3.63, 3.8) is 0 Å². The Bertz CT molecular complexity index is 507. The molecule has 2 heteroatoms. The van der Waals surface area contributed by atoms with Gasteiger partial charge in [0.1, 0.15) is 0 Å². The SMILES string of the molecule is CCCCC(O/N=C/c1ccccc1)c1ccccc1. The van der Waals surface area contributed by atoms with Gasteiger partial charge in [0.2, 0.25) is 0 Å². The van der Waals surface area contributed by atoms with Gasteiger partial charge in [0, 0.05) is 0 Å². The molecule has 0 aliphatic rings. The third-order valence-electron chi connectivity index (χ3n) is 3.18. The van der Waals surface area contributed by atoms with E-state index in [1.54, 1.807) is 6.21 Å². The summed E-state index contributed by atoms with van der Waals surface area (Å²) in [4.78, 5) is 5.70. The van der Waals surface area contributed by atoms with Gasteiger partial charge in [-0.1, -0.05) is 79.2 Å². The lowest BCUT2D eigenvalue weighted by Crippen LogP contribution is -2.01. The highest BCUT2D eigenvalue weighted by Crippen LogP contribution is 2.23. The maximum absolute atomic E-state index is 5.70. The van der Waals surface area contributed by atoms with Crippen LogP contribution in [0.1, 0.15) is 43.4 Å². The maximum Gasteiger partial charge on any atom is 0.152 e. The van der Waals surface area contributed by atoms with Crippen LogP contribution in [-0.4, -0.2) is 6.21 Å². The zero-order valence-corrected chi connectivity index (χ0v) is 11.9. The maximum atomic E-state index is 5.70. The molecule has 0 radical (unpaired) electrons. The second-order valence-electron chi connectivity index (χ2n) is 4.79. The zero-order chi connectivity index (χ0) is 14.0. The van der Waals surface area contributed by atoms with Crippen molar-refractivity contribution in [1.29, 1.82) is 0 Å². The monoisotopic (exact) mass is 267 g/mol. The fraction of sp³-hybridized carbons (Fsp3) is 0.278. The number of nitrogens with zero attached hydrogens (tertiary/aromatic N) is 1. The van der Waals surface area contributed by atoms with Crippen molar-refractivity contribution in [2.75, 3.05) is 0 Å². The molecule has 0 heterocycles. The second-order valence-corrected chi connectivity index (χ2v) is 4.79. The first-order chi connectivity index (χ1) is 9.90. The predicted octanol–water partition coefficient (Wildman–Crippen LogP) is 4.97. The van der Waals surface area contributed by atoms with Crippen molar-refractivity contribution < 1.29 is 4.84 Å². The molecular formula is C18H21NO. The van der Waals surface area contributed by atoms with Gasteiger partial charge in [-0.15, -0.1) is 0 Å². The molecule has 1 atom stereocenters. The molecule has 20 heavy (non-hydrogen) atoms. The van der Waals surface area contributed by atoms with Crippen LogP contribution in [0.5, 0.6) is 0 Å². The van der Waals surface area contributed by atoms with Crippen molar-refractivity contribution in [3.8, 4) is 0 Å². The van der Waals surface area contributed by atoms with Crippen molar-refractivity contribution >= 4 is 6.21 Å². The van der Waals surface area contributed by atoms with Crippen molar-refractivity contribution in [1.82, 2.24) is 0 Å². The molecule has 0 bridgehead atoms. The summed E-state index contributed by atoms with van der Waals surface area (Å²) in [5.41, 5.74) is 2.24. The van der Waals surface area contributed by atoms with Crippen molar-refractivity contribution in [2.45, 2.75) is 32.3 Å². The molecule has 0 N–H and O–H groups in total. The summed E-state index contributed by atoms with van der Waals surface area (Å²) < 4.78 is 0. The minimum Gasteiger partial charge on any atom is -0.388 e. The topological polar surface area (TPSA) is 21.6 Å².